The number of methoxy groups -OCH3 is 1. The number of nitrogens with zero attached hydrogens (tertiary/aromatic N) is 1. The normalized spacial score (nSPS) is 16.0. The Balaban J connectivity index is 2.35. The van der Waals surface area contributed by atoms with Gasteiger partial charge in [0.2, 0.25) is 5.91 Å². The molecule has 0 aliphatic heterocycles. The summed E-state index contributed by atoms with van der Waals surface area (Å²) in [7, 11) is 1.58. The van der Waals surface area contributed by atoms with Crippen LogP contribution in [0.5, 0.6) is 5.75 Å². The molecule has 0 aromatic heterocycles. The lowest BCUT2D eigenvalue weighted by Gasteiger charge is -2.34. The largest absolute Gasteiger partial charge is 0.497 e. The third kappa shape index (κ3) is 11.4. The van der Waals surface area contributed by atoms with E-state index in [1.807, 2.05) is 26.0 Å². The predicted molar refractivity (Wildman–Crippen MR) is 166 cm³/mol. The Morgan fingerprint density at radius 3 is 1.91 bits per heavy atom. The van der Waals surface area contributed by atoms with Crippen LogP contribution in [0.4, 0.5) is 4.79 Å². The molecule has 242 valence electrons. The molecule has 1 fully saturated rings. The maximum atomic E-state index is 14.1. The van der Waals surface area contributed by atoms with Gasteiger partial charge in [-0.2, -0.15) is 0 Å². The van der Waals surface area contributed by atoms with Crippen molar-refractivity contribution in [3.8, 4) is 5.75 Å². The molecule has 1 aromatic rings. The number of ether oxygens (including phenoxy) is 3. The minimum atomic E-state index is -0.931. The molecule has 0 heterocycles. The molecule has 0 bridgehead atoms. The summed E-state index contributed by atoms with van der Waals surface area (Å²) in [6, 6.07) is 6.11. The van der Waals surface area contributed by atoms with E-state index in [1.165, 1.54) is 0 Å². The maximum Gasteiger partial charge on any atom is 0.329 e. The highest BCUT2D eigenvalue weighted by Gasteiger charge is 2.46. The lowest BCUT2D eigenvalue weighted by Crippen LogP contribution is -2.52. The summed E-state index contributed by atoms with van der Waals surface area (Å²) < 4.78 is 16.7. The van der Waals surface area contributed by atoms with Crippen molar-refractivity contribution in [2.45, 2.75) is 111 Å². The molecule has 10 heteroatoms. The van der Waals surface area contributed by atoms with E-state index in [1.54, 1.807) is 65.7 Å². The Morgan fingerprint density at radius 2 is 1.42 bits per heavy atom. The van der Waals surface area contributed by atoms with Crippen LogP contribution in [0.1, 0.15) is 93.1 Å². The van der Waals surface area contributed by atoms with E-state index in [0.717, 1.165) is 18.4 Å². The number of nitrogens with one attached hydrogen (secondary N) is 2. The van der Waals surface area contributed by atoms with Crippen molar-refractivity contribution in [2.24, 2.45) is 11.3 Å². The zero-order valence-electron chi connectivity index (χ0n) is 27.6. The molecule has 1 aliphatic rings. The van der Waals surface area contributed by atoms with Gasteiger partial charge in [0.15, 0.2) is 0 Å². The third-order valence-electron chi connectivity index (χ3n) is 7.57. The first-order chi connectivity index (χ1) is 20.0. The van der Waals surface area contributed by atoms with Crippen molar-refractivity contribution in [1.82, 2.24) is 15.5 Å². The summed E-state index contributed by atoms with van der Waals surface area (Å²) in [4.78, 5) is 55.3. The first kappa shape index (κ1) is 35.9. The van der Waals surface area contributed by atoms with Crippen LogP contribution in [0.3, 0.4) is 0 Å². The molecule has 1 saturated carbocycles. The van der Waals surface area contributed by atoms with Crippen LogP contribution in [0.15, 0.2) is 24.3 Å². The highest BCUT2D eigenvalue weighted by atomic mass is 16.6. The lowest BCUT2D eigenvalue weighted by molar-refractivity contribution is -0.163. The molecule has 0 saturated heterocycles. The Hall–Kier alpha value is -3.30. The molecule has 2 atom stereocenters. The Labute approximate surface area is 257 Å². The first-order valence-corrected chi connectivity index (χ1v) is 15.4. The topological polar surface area (TPSA) is 123 Å². The molecule has 2 rings (SSSR count). The van der Waals surface area contributed by atoms with Crippen molar-refractivity contribution in [3.05, 3.63) is 29.8 Å². The molecule has 1 aliphatic carbocycles. The second-order valence-electron chi connectivity index (χ2n) is 13.4. The van der Waals surface area contributed by atoms with E-state index in [0.29, 0.717) is 31.7 Å². The summed E-state index contributed by atoms with van der Waals surface area (Å²) >= 11 is 0. The number of carbonyl (C=O) groups excluding carboxylic acids is 4. The quantitative estimate of drug-likeness (QED) is 0.303. The average molecular weight is 604 g/mol. The SMILES string of the molecule is CCN(CC)C(=O)NC[C@H](CC1(C(=O)N[C@@H](Cc2ccc(OC)cc2)C(=O)OC(C)(C)C)CCCC1)C(=O)OC(C)(C)C. The Kier molecular flexibility index (Phi) is 12.9. The average Bonchev–Trinajstić information content (AvgIpc) is 3.39. The third-order valence-corrected chi connectivity index (χ3v) is 7.57. The van der Waals surface area contributed by atoms with E-state index >= 15 is 0 Å². The molecule has 2 N–H and O–H groups in total. The molecule has 1 aromatic carbocycles. The Morgan fingerprint density at radius 1 is 0.884 bits per heavy atom. The molecular formula is C33H53N3O7. The minimum absolute atomic E-state index is 0.0423. The van der Waals surface area contributed by atoms with Crippen LogP contribution in [-0.2, 0) is 30.3 Å². The van der Waals surface area contributed by atoms with Crippen molar-refractivity contribution in [3.63, 3.8) is 0 Å². The summed E-state index contributed by atoms with van der Waals surface area (Å²) in [5.41, 5.74) is -1.54. The van der Waals surface area contributed by atoms with Crippen molar-refractivity contribution >= 4 is 23.9 Å². The summed E-state index contributed by atoms with van der Waals surface area (Å²) in [6.45, 7) is 15.6. The predicted octanol–water partition coefficient (Wildman–Crippen LogP) is 5.02. The van der Waals surface area contributed by atoms with Crippen molar-refractivity contribution in [1.29, 1.82) is 0 Å². The van der Waals surface area contributed by atoms with Gasteiger partial charge in [-0.15, -0.1) is 0 Å². The van der Waals surface area contributed by atoms with Crippen LogP contribution in [0.2, 0.25) is 0 Å². The van der Waals surface area contributed by atoms with E-state index in [-0.39, 0.29) is 31.3 Å². The molecular weight excluding hydrogens is 550 g/mol. The highest BCUT2D eigenvalue weighted by molar-refractivity contribution is 5.89. The number of carbonyl (C=O) groups is 4. The van der Waals surface area contributed by atoms with Crippen molar-refractivity contribution < 1.29 is 33.4 Å². The van der Waals surface area contributed by atoms with E-state index in [2.05, 4.69) is 10.6 Å². The van der Waals surface area contributed by atoms with Gasteiger partial charge < -0.3 is 29.7 Å². The van der Waals surface area contributed by atoms with Gasteiger partial charge >= 0.3 is 18.0 Å². The summed E-state index contributed by atoms with van der Waals surface area (Å²) in [6.07, 6.45) is 3.18. The molecule has 0 radical (unpaired) electrons. The van der Waals surface area contributed by atoms with Crippen LogP contribution in [0.25, 0.3) is 0 Å². The molecule has 0 spiro atoms. The van der Waals surface area contributed by atoms with E-state index < -0.39 is 40.5 Å². The number of hydrogen-bond donors (Lipinski definition) is 2. The fraction of sp³-hybridized carbons (Fsp3) is 0.697. The zero-order chi connectivity index (χ0) is 32.4. The van der Waals surface area contributed by atoms with Gasteiger partial charge in [-0.05, 0) is 92.3 Å². The van der Waals surface area contributed by atoms with Crippen LogP contribution in [0, 0.1) is 11.3 Å². The standard InChI is InChI=1S/C33H53N3O7/c1-10-36(11-2)30(40)34-22-24(27(37)42-31(3,4)5)21-33(18-12-13-19-33)29(39)35-26(28(38)43-32(6,7)8)20-23-14-16-25(41-9)17-15-23/h14-17,24,26H,10-13,18-22H2,1-9H3,(H,34,40)(H,35,39)/t24-,26-/m0/s1. The van der Waals surface area contributed by atoms with E-state index in [4.69, 9.17) is 14.2 Å². The van der Waals surface area contributed by atoms with Gasteiger partial charge in [0.05, 0.1) is 18.4 Å². The fourth-order valence-electron chi connectivity index (χ4n) is 5.38. The molecule has 43 heavy (non-hydrogen) atoms. The highest BCUT2D eigenvalue weighted by Crippen LogP contribution is 2.44. The first-order valence-electron chi connectivity index (χ1n) is 15.4. The van der Waals surface area contributed by atoms with Crippen molar-refractivity contribution in [2.75, 3.05) is 26.7 Å². The molecule has 3 amide bonds. The number of urea groups is 1. The number of hydrogen-bond acceptors (Lipinski definition) is 7. The lowest BCUT2D eigenvalue weighted by atomic mass is 9.76. The van der Waals surface area contributed by atoms with Crippen LogP contribution in [-0.4, -0.2) is 72.8 Å². The van der Waals surface area contributed by atoms with Gasteiger partial charge in [0, 0.05) is 26.1 Å². The monoisotopic (exact) mass is 603 g/mol. The van der Waals surface area contributed by atoms with Gasteiger partial charge in [0.25, 0.3) is 0 Å². The van der Waals surface area contributed by atoms with E-state index in [9.17, 15) is 19.2 Å². The Bertz CT molecular complexity index is 1080. The summed E-state index contributed by atoms with van der Waals surface area (Å²) in [5, 5.41) is 5.88. The summed E-state index contributed by atoms with van der Waals surface area (Å²) in [5.74, 6) is -1.34. The molecule has 10 nitrogen and oxygen atoms in total. The van der Waals surface area contributed by atoms with Gasteiger partial charge in [-0.25, -0.2) is 9.59 Å². The van der Waals surface area contributed by atoms with Gasteiger partial charge in [-0.1, -0.05) is 25.0 Å². The smallest absolute Gasteiger partial charge is 0.329 e. The number of benzene rings is 1. The second-order valence-corrected chi connectivity index (χ2v) is 13.4. The number of amides is 3. The second kappa shape index (κ2) is 15.4. The van der Waals surface area contributed by atoms with Crippen LogP contribution < -0.4 is 15.4 Å². The molecule has 0 unspecified atom stereocenters. The number of rotatable bonds is 13. The number of esters is 2. The minimum Gasteiger partial charge on any atom is -0.497 e. The van der Waals surface area contributed by atoms with Gasteiger partial charge in [0.1, 0.15) is 23.0 Å². The van der Waals surface area contributed by atoms with Gasteiger partial charge in [-0.3, -0.25) is 9.59 Å². The van der Waals surface area contributed by atoms with Crippen LogP contribution >= 0.6 is 0 Å². The fourth-order valence-corrected chi connectivity index (χ4v) is 5.38. The maximum absolute atomic E-state index is 14.1. The zero-order valence-corrected chi connectivity index (χ0v) is 27.6.